The van der Waals surface area contributed by atoms with E-state index in [1.165, 1.54) is 53.8 Å². The Bertz CT molecular complexity index is 2430. The first-order chi connectivity index (χ1) is 32.1. The molecule has 8 aromatic rings. The molecule has 0 spiro atoms. The van der Waals surface area contributed by atoms with Crippen LogP contribution in [0.15, 0.2) is 194 Å². The fourth-order valence-corrected chi connectivity index (χ4v) is 12.0. The zero-order valence-electron chi connectivity index (χ0n) is 38.1. The molecule has 15 heteroatoms. The van der Waals surface area contributed by atoms with Crippen LogP contribution in [0.25, 0.3) is 0 Å². The number of rotatable bonds is 7. The van der Waals surface area contributed by atoms with Crippen LogP contribution < -0.4 is 55.8 Å². The number of halogens is 6. The second kappa shape index (κ2) is 29.7. The minimum absolute atomic E-state index is 0. The fraction of sp³-hybridized carbons (Fsp3) is 0.0545. The summed E-state index contributed by atoms with van der Waals surface area (Å²) in [5, 5.41) is 9.22. The van der Waals surface area contributed by atoms with E-state index in [-0.39, 0.29) is 44.8 Å². The van der Waals surface area contributed by atoms with Crippen LogP contribution in [0.2, 0.25) is 0 Å². The van der Waals surface area contributed by atoms with Gasteiger partial charge in [-0.2, -0.15) is 41.2 Å². The molecule has 0 saturated heterocycles. The van der Waals surface area contributed by atoms with Crippen LogP contribution in [0.1, 0.15) is 16.7 Å². The minimum Gasteiger partial charge on any atom is -0.278 e. The van der Waals surface area contributed by atoms with E-state index < -0.39 is 61.8 Å². The van der Waals surface area contributed by atoms with Crippen molar-refractivity contribution in [1.29, 1.82) is 0 Å². The van der Waals surface area contributed by atoms with E-state index in [0.29, 0.717) is 0 Å². The second-order valence-electron chi connectivity index (χ2n) is 15.2. The van der Waals surface area contributed by atoms with Crippen LogP contribution >= 0.6 is 22.4 Å². The number of aryl methyl sites for hydroxylation is 3. The molecule has 4 nitrogen and oxygen atoms in total. The summed E-state index contributed by atoms with van der Waals surface area (Å²) in [6, 6.07) is 69.3. The molecule has 2 radical (unpaired) electrons. The van der Waals surface area contributed by atoms with E-state index in [1.807, 2.05) is 72.8 Å². The van der Waals surface area contributed by atoms with Gasteiger partial charge in [-0.1, -0.05) is 162 Å². The Morgan fingerprint density at radius 3 is 0.771 bits per heavy atom. The minimum atomic E-state index is -4.94. The van der Waals surface area contributed by atoms with Gasteiger partial charge in [0.25, 0.3) is 0 Å². The quantitative estimate of drug-likeness (QED) is 0.0402. The largest absolute Gasteiger partial charge is 0.278 e. The van der Waals surface area contributed by atoms with Crippen molar-refractivity contribution in [2.24, 2.45) is 0 Å². The molecular weight excluding hydrogens is 1340 g/mol. The third-order valence-corrected chi connectivity index (χ3v) is 17.5. The van der Waals surface area contributed by atoms with Gasteiger partial charge < -0.3 is 0 Å². The molecule has 0 unspecified atom stereocenters. The van der Waals surface area contributed by atoms with Gasteiger partial charge in [-0.3, -0.25) is 8.78 Å². The monoisotopic (exact) mass is 1390 g/mol. The first kappa shape index (κ1) is 62.4. The molecule has 70 heavy (non-hydrogen) atoms. The zero-order valence-corrected chi connectivity index (χ0v) is 45.9. The first-order valence-corrected chi connectivity index (χ1v) is 27.4. The number of hydrogen-bond donors (Lipinski definition) is 0. The summed E-state index contributed by atoms with van der Waals surface area (Å²) in [6.45, 7) is 23.7. The average Bonchev–Trinajstić information content (AvgIpc) is 3.33. The van der Waals surface area contributed by atoms with Crippen molar-refractivity contribution in [3.63, 3.8) is 0 Å². The first-order valence-electron chi connectivity index (χ1n) is 20.5. The molecule has 0 N–H and O–H groups in total. The van der Waals surface area contributed by atoms with Gasteiger partial charge in [-0.15, -0.1) is 16.3 Å². The molecule has 0 aliphatic heterocycles. The van der Waals surface area contributed by atoms with E-state index >= 15 is 0 Å². The maximum atomic E-state index is 12.0. The van der Waals surface area contributed by atoms with Crippen LogP contribution in [-0.4, -0.2) is 0 Å². The summed E-state index contributed by atoms with van der Waals surface area (Å²) in [5.74, 6) is -10.0. The van der Waals surface area contributed by atoms with Crippen LogP contribution in [0, 0.1) is 92.8 Å². The van der Waals surface area contributed by atoms with E-state index in [0.717, 1.165) is 6.07 Å². The topological polar surface area (TPSA) is 92.2 Å². The number of hydrogen-bond acceptors (Lipinski definition) is 4. The molecule has 0 aliphatic rings. The second-order valence-corrected chi connectivity index (χ2v) is 24.1. The Labute approximate surface area is 445 Å². The predicted molar refractivity (Wildman–Crippen MR) is 264 cm³/mol. The SMILES string of the molecule is Cc1ccc(P(c2ccc(C)cc2)c2ccc(C)cc2)cc1.Fc1[c-]c(F)c(F)c(F)c1F.[Au].[Au].[CH2-][P+]([CH2-])(c1ccccc1)c1ccccc1.[CH2-][P+]([CH2-])(c1ccccc1)c1ccccc1.[O-][Cl+3]([O-])([O-])[O-]. The van der Waals surface area contributed by atoms with Gasteiger partial charge >= 0.3 is 0 Å². The Morgan fingerprint density at radius 2 is 0.571 bits per heavy atom. The van der Waals surface area contributed by atoms with Crippen molar-refractivity contribution in [2.45, 2.75) is 20.8 Å². The maximum Gasteiger partial charge on any atom is 0.0893 e. The van der Waals surface area contributed by atoms with Gasteiger partial charge in [-0.25, -0.2) is 31.8 Å². The van der Waals surface area contributed by atoms with Crippen molar-refractivity contribution in [2.75, 3.05) is 0 Å². The molecule has 376 valence electrons. The van der Waals surface area contributed by atoms with E-state index in [2.05, 4.69) is 169 Å². The van der Waals surface area contributed by atoms with Crippen molar-refractivity contribution < 1.29 is 95.6 Å². The van der Waals surface area contributed by atoms with Gasteiger partial charge in [0, 0.05) is 66.0 Å². The Balaban J connectivity index is 0.000000315. The molecule has 0 heterocycles. The maximum absolute atomic E-state index is 12.0. The van der Waals surface area contributed by atoms with Gasteiger partial charge in [0.15, 0.2) is 0 Å². The normalized spacial score (nSPS) is 10.8. The summed E-state index contributed by atoms with van der Waals surface area (Å²) in [5.41, 5.74) is 3.93. The molecule has 0 saturated carbocycles. The molecule has 8 aromatic carbocycles. The molecule has 0 amide bonds. The fourth-order valence-electron chi connectivity index (χ4n) is 6.18. The van der Waals surface area contributed by atoms with Crippen LogP contribution in [0.5, 0.6) is 0 Å². The van der Waals surface area contributed by atoms with Gasteiger partial charge in [0.1, 0.15) is 0 Å². The number of benzene rings is 8. The zero-order chi connectivity index (χ0) is 50.1. The smallest absolute Gasteiger partial charge is 0.0893 e. The van der Waals surface area contributed by atoms with E-state index in [4.69, 9.17) is 18.6 Å². The molecule has 0 aliphatic carbocycles. The van der Waals surface area contributed by atoms with Crippen molar-refractivity contribution in [1.82, 2.24) is 0 Å². The Hall–Kier alpha value is -3.69. The van der Waals surface area contributed by atoms with Crippen LogP contribution in [0.4, 0.5) is 22.0 Å². The van der Waals surface area contributed by atoms with Crippen molar-refractivity contribution in [3.8, 4) is 0 Å². The standard InChI is InChI=1S/C21H21P.2C14H14P.C6F5.2Au.ClHO4/c1-16-4-10-19(11-5-16)22(20-12-6-17(2)7-13-20)21-14-8-18(3)9-15-21;2*1-15(2,13-9-5-3-6-10-13)14-11-7-4-8-12-14;7-2-1-3(8)5(10)6(11)4(2)9;;;2-1(3,4)5/h4-15H,1-3H3;2*3-12H,1-2H2;;;;(H,2,3,4,5)/q;3*-1;;;/p-1. The third-order valence-electron chi connectivity index (χ3n) is 9.87. The predicted octanol–water partition coefficient (Wildman–Crippen LogP) is 8.27. The Kier molecular flexibility index (Phi) is 26.5. The summed E-state index contributed by atoms with van der Waals surface area (Å²) in [7, 11) is -8.72. The van der Waals surface area contributed by atoms with E-state index in [1.54, 1.807) is 0 Å². The third kappa shape index (κ3) is 19.7. The molecule has 0 atom stereocenters. The summed E-state index contributed by atoms with van der Waals surface area (Å²) < 4.78 is 93.8. The van der Waals surface area contributed by atoms with Gasteiger partial charge in [-0.05, 0) is 93.1 Å². The van der Waals surface area contributed by atoms with Gasteiger partial charge in [0.2, 0.25) is 0 Å². The molecule has 0 aromatic heterocycles. The molecule has 0 bridgehead atoms. The van der Waals surface area contributed by atoms with Crippen LogP contribution in [0.3, 0.4) is 0 Å². The van der Waals surface area contributed by atoms with Crippen molar-refractivity contribution in [3.05, 3.63) is 273 Å². The van der Waals surface area contributed by atoms with Crippen molar-refractivity contribution >= 4 is 59.6 Å². The molecule has 8 rings (SSSR count). The summed E-state index contributed by atoms with van der Waals surface area (Å²) in [6.07, 6.45) is 0. The Morgan fingerprint density at radius 1 is 0.371 bits per heavy atom. The van der Waals surface area contributed by atoms with Crippen LogP contribution in [-0.2, 0) is 44.8 Å². The summed E-state index contributed by atoms with van der Waals surface area (Å²) in [4.78, 5) is 0. The van der Waals surface area contributed by atoms with Gasteiger partial charge in [0.05, 0.1) is 29.1 Å². The van der Waals surface area contributed by atoms with E-state index in [9.17, 15) is 22.0 Å². The average molecular weight is 1390 g/mol. The molecular formula is C55H49Au2ClF5O4P3-4. The molecule has 0 fully saturated rings. The summed E-state index contributed by atoms with van der Waals surface area (Å²) >= 11 is 0.